The lowest BCUT2D eigenvalue weighted by Gasteiger charge is -2.18. The number of nitrogens with zero attached hydrogens (tertiary/aromatic N) is 1. The molecule has 1 heterocycles. The molecule has 124 valence electrons. The molecule has 0 fully saturated rings. The van der Waals surface area contributed by atoms with E-state index in [0.29, 0.717) is 5.41 Å². The van der Waals surface area contributed by atoms with Gasteiger partial charge in [0.2, 0.25) is 0 Å². The van der Waals surface area contributed by atoms with Crippen molar-refractivity contribution in [2.45, 2.75) is 67.2 Å². The molecule has 1 aliphatic rings. The lowest BCUT2D eigenvalue weighted by molar-refractivity contribution is 0.245. The van der Waals surface area contributed by atoms with Crippen LogP contribution >= 0.6 is 0 Å². The molecule has 0 radical (unpaired) electrons. The molecular weight excluding hydrogens is 270 g/mol. The van der Waals surface area contributed by atoms with Crippen LogP contribution in [0.2, 0.25) is 0 Å². The molecule has 0 amide bonds. The Morgan fingerprint density at radius 3 is 1.64 bits per heavy atom. The van der Waals surface area contributed by atoms with Crippen LogP contribution in [0.3, 0.4) is 0 Å². The van der Waals surface area contributed by atoms with Crippen LogP contribution in [0.4, 0.5) is 0 Å². The molecule has 0 saturated heterocycles. The van der Waals surface area contributed by atoms with E-state index in [1.807, 2.05) is 13.8 Å². The van der Waals surface area contributed by atoms with Crippen molar-refractivity contribution in [2.75, 3.05) is 0 Å². The molecule has 0 aromatic heterocycles. The Hall–Kier alpha value is -1.57. The summed E-state index contributed by atoms with van der Waals surface area (Å²) in [5.41, 5.74) is 2.90. The summed E-state index contributed by atoms with van der Waals surface area (Å²) < 4.78 is 0. The SMILES string of the molecule is C=C1CC(C(C)(C)C)=NO1.CC.CC(C)(C)c1ccccc1. The fourth-order valence-corrected chi connectivity index (χ4v) is 1.71. The number of hydrogen-bond acceptors (Lipinski definition) is 2. The summed E-state index contributed by atoms with van der Waals surface area (Å²) >= 11 is 0. The molecule has 0 N–H and O–H groups in total. The third kappa shape index (κ3) is 7.44. The standard InChI is InChI=1S/C10H14.C8H13NO.C2H6/c1-10(2,3)9-7-5-4-6-8-9;1-6-5-7(9-10-6)8(2,3)4;1-2/h4-8H,1-3H3;1,5H2,2-4H3;1-2H3. The van der Waals surface area contributed by atoms with E-state index >= 15 is 0 Å². The van der Waals surface area contributed by atoms with Gasteiger partial charge in [0.25, 0.3) is 0 Å². The smallest absolute Gasteiger partial charge is 0.133 e. The van der Waals surface area contributed by atoms with Crippen LogP contribution < -0.4 is 0 Å². The third-order valence-electron chi connectivity index (χ3n) is 3.16. The van der Waals surface area contributed by atoms with Crippen LogP contribution in [-0.4, -0.2) is 5.71 Å². The molecule has 1 aliphatic heterocycles. The zero-order valence-corrected chi connectivity index (χ0v) is 15.7. The number of allylic oxidation sites excluding steroid dienone is 1. The van der Waals surface area contributed by atoms with Gasteiger partial charge in [0.15, 0.2) is 0 Å². The minimum Gasteiger partial charge on any atom is -0.362 e. The highest BCUT2D eigenvalue weighted by molar-refractivity contribution is 5.91. The zero-order valence-electron chi connectivity index (χ0n) is 15.7. The van der Waals surface area contributed by atoms with Gasteiger partial charge in [-0.15, -0.1) is 0 Å². The first-order valence-corrected chi connectivity index (χ1v) is 8.08. The highest BCUT2D eigenvalue weighted by Crippen LogP contribution is 2.25. The summed E-state index contributed by atoms with van der Waals surface area (Å²) in [6.45, 7) is 20.7. The Labute approximate surface area is 137 Å². The summed E-state index contributed by atoms with van der Waals surface area (Å²) in [6.07, 6.45) is 0.795. The monoisotopic (exact) mass is 303 g/mol. The quantitative estimate of drug-likeness (QED) is 0.548. The van der Waals surface area contributed by atoms with Crippen molar-refractivity contribution in [2.24, 2.45) is 10.6 Å². The van der Waals surface area contributed by atoms with Gasteiger partial charge < -0.3 is 4.84 Å². The van der Waals surface area contributed by atoms with E-state index in [1.54, 1.807) is 0 Å². The maximum atomic E-state index is 4.89. The van der Waals surface area contributed by atoms with Gasteiger partial charge in [-0.3, -0.25) is 0 Å². The molecule has 0 spiro atoms. The van der Waals surface area contributed by atoms with Gasteiger partial charge in [0, 0.05) is 5.41 Å². The Kier molecular flexibility index (Phi) is 8.15. The fourth-order valence-electron chi connectivity index (χ4n) is 1.71. The lowest BCUT2D eigenvalue weighted by atomic mass is 9.87. The number of benzene rings is 1. The molecule has 1 aromatic rings. The van der Waals surface area contributed by atoms with Gasteiger partial charge in [-0.05, 0) is 11.0 Å². The van der Waals surface area contributed by atoms with Crippen molar-refractivity contribution in [3.63, 3.8) is 0 Å². The minimum absolute atomic E-state index is 0.124. The van der Waals surface area contributed by atoms with Gasteiger partial charge in [-0.1, -0.05) is 97.5 Å². The topological polar surface area (TPSA) is 21.6 Å². The average Bonchev–Trinajstić information content (AvgIpc) is 2.89. The summed E-state index contributed by atoms with van der Waals surface area (Å²) in [6, 6.07) is 10.6. The highest BCUT2D eigenvalue weighted by atomic mass is 16.6. The maximum Gasteiger partial charge on any atom is 0.133 e. The molecule has 0 atom stereocenters. The van der Waals surface area contributed by atoms with Crippen LogP contribution in [0.15, 0.2) is 47.8 Å². The first-order chi connectivity index (χ1) is 10.1. The molecule has 2 heteroatoms. The van der Waals surface area contributed by atoms with E-state index in [4.69, 9.17) is 4.84 Å². The van der Waals surface area contributed by atoms with Crippen LogP contribution in [0.25, 0.3) is 0 Å². The third-order valence-corrected chi connectivity index (χ3v) is 3.16. The van der Waals surface area contributed by atoms with E-state index in [0.717, 1.165) is 17.9 Å². The van der Waals surface area contributed by atoms with Crippen molar-refractivity contribution in [3.05, 3.63) is 48.2 Å². The lowest BCUT2D eigenvalue weighted by Crippen LogP contribution is -2.17. The average molecular weight is 303 g/mol. The molecule has 2 nitrogen and oxygen atoms in total. The fraction of sp³-hybridized carbons (Fsp3) is 0.550. The normalized spacial score (nSPS) is 14.0. The van der Waals surface area contributed by atoms with Crippen LogP contribution in [-0.2, 0) is 10.3 Å². The zero-order chi connectivity index (χ0) is 17.4. The first-order valence-electron chi connectivity index (χ1n) is 8.08. The van der Waals surface area contributed by atoms with Gasteiger partial charge in [-0.25, -0.2) is 0 Å². The van der Waals surface area contributed by atoms with Crippen molar-refractivity contribution in [1.29, 1.82) is 0 Å². The van der Waals surface area contributed by atoms with Gasteiger partial charge in [0.05, 0.1) is 12.1 Å². The summed E-state index contributed by atoms with van der Waals surface area (Å²) in [4.78, 5) is 4.89. The summed E-state index contributed by atoms with van der Waals surface area (Å²) in [5.74, 6) is 0.755. The van der Waals surface area contributed by atoms with Crippen LogP contribution in [0.1, 0.15) is 67.4 Å². The van der Waals surface area contributed by atoms with Crippen molar-refractivity contribution >= 4 is 5.71 Å². The van der Waals surface area contributed by atoms with E-state index in [2.05, 4.69) is 83.6 Å². The minimum atomic E-state index is 0.124. The predicted molar refractivity (Wildman–Crippen MR) is 98.2 cm³/mol. The highest BCUT2D eigenvalue weighted by Gasteiger charge is 2.24. The maximum absolute atomic E-state index is 4.89. The van der Waals surface area contributed by atoms with Gasteiger partial charge in [-0.2, -0.15) is 0 Å². The Morgan fingerprint density at radius 2 is 1.41 bits per heavy atom. The molecule has 2 rings (SSSR count). The number of rotatable bonds is 0. The molecule has 22 heavy (non-hydrogen) atoms. The summed E-state index contributed by atoms with van der Waals surface area (Å²) in [5, 5.41) is 3.91. The van der Waals surface area contributed by atoms with Crippen molar-refractivity contribution in [3.8, 4) is 0 Å². The van der Waals surface area contributed by atoms with E-state index in [1.165, 1.54) is 5.56 Å². The number of hydrogen-bond donors (Lipinski definition) is 0. The number of oxime groups is 1. The first kappa shape index (κ1) is 20.4. The predicted octanol–water partition coefficient (Wildman–Crippen LogP) is 6.33. The van der Waals surface area contributed by atoms with Gasteiger partial charge >= 0.3 is 0 Å². The van der Waals surface area contributed by atoms with Crippen molar-refractivity contribution in [1.82, 2.24) is 0 Å². The molecule has 0 saturated carbocycles. The Morgan fingerprint density at radius 1 is 0.909 bits per heavy atom. The van der Waals surface area contributed by atoms with E-state index in [9.17, 15) is 0 Å². The molecule has 0 unspecified atom stereocenters. The van der Waals surface area contributed by atoms with Crippen LogP contribution in [0.5, 0.6) is 0 Å². The Bertz CT molecular complexity index is 473. The molecule has 0 aliphatic carbocycles. The van der Waals surface area contributed by atoms with Crippen LogP contribution in [0, 0.1) is 5.41 Å². The molecular formula is C20H33NO. The Balaban J connectivity index is 0.000000360. The summed E-state index contributed by atoms with van der Waals surface area (Å²) in [7, 11) is 0. The van der Waals surface area contributed by atoms with E-state index < -0.39 is 0 Å². The largest absolute Gasteiger partial charge is 0.362 e. The molecule has 0 bridgehead atoms. The molecule has 1 aromatic carbocycles. The van der Waals surface area contributed by atoms with E-state index in [-0.39, 0.29) is 5.41 Å². The second-order valence-corrected chi connectivity index (χ2v) is 7.21. The van der Waals surface area contributed by atoms with Gasteiger partial charge in [0.1, 0.15) is 5.76 Å². The van der Waals surface area contributed by atoms with Crippen molar-refractivity contribution < 1.29 is 4.84 Å². The second kappa shape index (κ2) is 8.77. The second-order valence-electron chi connectivity index (χ2n) is 7.21.